The zero-order valence-corrected chi connectivity index (χ0v) is 10.6. The first kappa shape index (κ1) is 13.6. The average Bonchev–Trinajstić information content (AvgIpc) is 2.30. The van der Waals surface area contributed by atoms with Crippen LogP contribution >= 0.6 is 0 Å². The minimum Gasteiger partial charge on any atom is -0.310 e. The molecule has 4 heteroatoms. The van der Waals surface area contributed by atoms with E-state index >= 15 is 0 Å². The maximum absolute atomic E-state index is 10.5. The molecule has 0 spiro atoms. The second-order valence-electron chi connectivity index (χ2n) is 4.56. The van der Waals surface area contributed by atoms with Crippen LogP contribution in [0, 0.1) is 16.0 Å². The van der Waals surface area contributed by atoms with E-state index < -0.39 is 0 Å². The van der Waals surface area contributed by atoms with Crippen molar-refractivity contribution in [2.75, 3.05) is 0 Å². The third-order valence-corrected chi connectivity index (χ3v) is 2.96. The Bertz CT molecular complexity index is 360. The summed E-state index contributed by atoms with van der Waals surface area (Å²) in [7, 11) is 0. The van der Waals surface area contributed by atoms with Gasteiger partial charge in [-0.05, 0) is 17.9 Å². The topological polar surface area (TPSA) is 55.2 Å². The molecule has 0 aromatic heterocycles. The first-order valence-corrected chi connectivity index (χ1v) is 6.01. The molecule has 1 aromatic rings. The van der Waals surface area contributed by atoms with Crippen LogP contribution in [0.1, 0.15) is 32.8 Å². The molecule has 1 aromatic carbocycles. The van der Waals surface area contributed by atoms with Crippen molar-refractivity contribution in [3.8, 4) is 0 Å². The average molecular weight is 236 g/mol. The van der Waals surface area contributed by atoms with E-state index in [9.17, 15) is 10.1 Å². The van der Waals surface area contributed by atoms with Crippen molar-refractivity contribution < 1.29 is 4.92 Å². The number of nitro benzene ring substituents is 1. The molecule has 0 saturated carbocycles. The van der Waals surface area contributed by atoms with Crippen molar-refractivity contribution in [3.63, 3.8) is 0 Å². The summed E-state index contributed by atoms with van der Waals surface area (Å²) >= 11 is 0. The first-order valence-electron chi connectivity index (χ1n) is 6.01. The Labute approximate surface area is 102 Å². The Morgan fingerprint density at radius 1 is 1.29 bits per heavy atom. The maximum Gasteiger partial charge on any atom is 0.269 e. The number of nitro groups is 1. The van der Waals surface area contributed by atoms with Gasteiger partial charge in [0.15, 0.2) is 0 Å². The molecule has 0 fully saturated rings. The van der Waals surface area contributed by atoms with Crippen molar-refractivity contribution >= 4 is 5.69 Å². The summed E-state index contributed by atoms with van der Waals surface area (Å²) < 4.78 is 0. The lowest BCUT2D eigenvalue weighted by Crippen LogP contribution is -2.32. The molecule has 0 heterocycles. The Balaban J connectivity index is 2.55. The summed E-state index contributed by atoms with van der Waals surface area (Å²) in [6.45, 7) is 7.30. The van der Waals surface area contributed by atoms with Crippen LogP contribution in [0.5, 0.6) is 0 Å². The van der Waals surface area contributed by atoms with Gasteiger partial charge in [0.25, 0.3) is 5.69 Å². The minimum atomic E-state index is -0.375. The van der Waals surface area contributed by atoms with E-state index in [0.717, 1.165) is 18.5 Å². The lowest BCUT2D eigenvalue weighted by atomic mass is 10.0. The van der Waals surface area contributed by atoms with Gasteiger partial charge in [0.05, 0.1) is 4.92 Å². The van der Waals surface area contributed by atoms with Crippen LogP contribution < -0.4 is 5.32 Å². The highest BCUT2D eigenvalue weighted by Crippen LogP contribution is 2.13. The maximum atomic E-state index is 10.5. The molecule has 0 aliphatic heterocycles. The summed E-state index contributed by atoms with van der Waals surface area (Å²) in [6.07, 6.45) is 1.09. The van der Waals surface area contributed by atoms with E-state index in [-0.39, 0.29) is 10.6 Å². The lowest BCUT2D eigenvalue weighted by molar-refractivity contribution is -0.384. The zero-order valence-electron chi connectivity index (χ0n) is 10.6. The van der Waals surface area contributed by atoms with Gasteiger partial charge in [-0.2, -0.15) is 0 Å². The third kappa shape index (κ3) is 4.15. The highest BCUT2D eigenvalue weighted by atomic mass is 16.6. The molecule has 0 amide bonds. The normalized spacial score (nSPS) is 12.7. The van der Waals surface area contributed by atoms with E-state index in [1.165, 1.54) is 0 Å². The van der Waals surface area contributed by atoms with Gasteiger partial charge in [-0.1, -0.05) is 32.9 Å². The largest absolute Gasteiger partial charge is 0.310 e. The first-order chi connectivity index (χ1) is 8.04. The summed E-state index contributed by atoms with van der Waals surface area (Å²) in [4.78, 5) is 10.1. The molecular formula is C13H20N2O2. The fourth-order valence-corrected chi connectivity index (χ4v) is 1.84. The molecule has 1 atom stereocenters. The Hall–Kier alpha value is -1.42. The molecule has 0 bridgehead atoms. The van der Waals surface area contributed by atoms with Crippen molar-refractivity contribution in [3.05, 3.63) is 39.9 Å². The van der Waals surface area contributed by atoms with Gasteiger partial charge in [-0.15, -0.1) is 0 Å². The Morgan fingerprint density at radius 3 is 2.29 bits per heavy atom. The molecule has 1 rings (SSSR count). The van der Waals surface area contributed by atoms with Crippen LogP contribution in [0.15, 0.2) is 24.3 Å². The van der Waals surface area contributed by atoms with Crippen LogP contribution in [0.3, 0.4) is 0 Å². The molecule has 17 heavy (non-hydrogen) atoms. The number of hydrogen-bond acceptors (Lipinski definition) is 3. The smallest absolute Gasteiger partial charge is 0.269 e. The highest BCUT2D eigenvalue weighted by molar-refractivity contribution is 5.32. The van der Waals surface area contributed by atoms with Gasteiger partial charge >= 0.3 is 0 Å². The number of nitrogens with one attached hydrogen (secondary N) is 1. The summed E-state index contributed by atoms with van der Waals surface area (Å²) in [5.41, 5.74) is 1.22. The van der Waals surface area contributed by atoms with Gasteiger partial charge in [0.2, 0.25) is 0 Å². The van der Waals surface area contributed by atoms with E-state index in [2.05, 4.69) is 26.1 Å². The zero-order chi connectivity index (χ0) is 12.8. The van der Waals surface area contributed by atoms with Crippen LogP contribution in [0.25, 0.3) is 0 Å². The van der Waals surface area contributed by atoms with Crippen LogP contribution in [-0.2, 0) is 6.54 Å². The predicted octanol–water partition coefficient (Wildman–Crippen LogP) is 3.12. The monoisotopic (exact) mass is 236 g/mol. The molecule has 4 nitrogen and oxygen atoms in total. The Kier molecular flexibility index (Phi) is 5.10. The molecule has 94 valence electrons. The van der Waals surface area contributed by atoms with E-state index in [0.29, 0.717) is 12.0 Å². The molecule has 1 N–H and O–H groups in total. The van der Waals surface area contributed by atoms with Gasteiger partial charge in [-0.25, -0.2) is 0 Å². The molecule has 0 aliphatic rings. The van der Waals surface area contributed by atoms with Gasteiger partial charge < -0.3 is 5.32 Å². The number of benzene rings is 1. The second kappa shape index (κ2) is 6.35. The Morgan fingerprint density at radius 2 is 1.88 bits per heavy atom. The van der Waals surface area contributed by atoms with Gasteiger partial charge in [-0.3, -0.25) is 10.1 Å². The van der Waals surface area contributed by atoms with Gasteiger partial charge in [0, 0.05) is 24.7 Å². The lowest BCUT2D eigenvalue weighted by Gasteiger charge is -2.20. The van der Waals surface area contributed by atoms with Crippen LogP contribution in [-0.4, -0.2) is 11.0 Å². The van der Waals surface area contributed by atoms with Crippen molar-refractivity contribution in [1.29, 1.82) is 0 Å². The minimum absolute atomic E-state index is 0.143. The molecule has 0 saturated heterocycles. The summed E-state index contributed by atoms with van der Waals surface area (Å²) in [5.74, 6) is 0.595. The number of non-ortho nitro benzene ring substituents is 1. The van der Waals surface area contributed by atoms with Crippen LogP contribution in [0.4, 0.5) is 5.69 Å². The van der Waals surface area contributed by atoms with Gasteiger partial charge in [0.1, 0.15) is 0 Å². The molecule has 0 radical (unpaired) electrons. The third-order valence-electron chi connectivity index (χ3n) is 2.96. The van der Waals surface area contributed by atoms with Crippen molar-refractivity contribution in [1.82, 2.24) is 5.32 Å². The van der Waals surface area contributed by atoms with Crippen molar-refractivity contribution in [2.24, 2.45) is 5.92 Å². The quantitative estimate of drug-likeness (QED) is 0.610. The SMILES string of the molecule is CCC(NCc1ccc([N+](=O)[O-])cc1)C(C)C. The fraction of sp³-hybridized carbons (Fsp3) is 0.538. The highest BCUT2D eigenvalue weighted by Gasteiger charge is 2.10. The predicted molar refractivity (Wildman–Crippen MR) is 68.9 cm³/mol. The van der Waals surface area contributed by atoms with E-state index in [1.807, 2.05) is 0 Å². The van der Waals surface area contributed by atoms with Crippen LogP contribution in [0.2, 0.25) is 0 Å². The number of nitrogens with zero attached hydrogens (tertiary/aromatic N) is 1. The van der Waals surface area contributed by atoms with E-state index in [4.69, 9.17) is 0 Å². The van der Waals surface area contributed by atoms with E-state index in [1.54, 1.807) is 24.3 Å². The molecule has 1 unspecified atom stereocenters. The summed E-state index contributed by atoms with van der Waals surface area (Å²) in [5, 5.41) is 14.0. The standard InChI is InChI=1S/C13H20N2O2/c1-4-13(10(2)3)14-9-11-5-7-12(8-6-11)15(16)17/h5-8,10,13-14H,4,9H2,1-3H3. The molecule has 0 aliphatic carbocycles. The van der Waals surface area contributed by atoms with Crippen molar-refractivity contribution in [2.45, 2.75) is 39.8 Å². The molecular weight excluding hydrogens is 216 g/mol. The number of hydrogen-bond donors (Lipinski definition) is 1. The second-order valence-corrected chi connectivity index (χ2v) is 4.56. The fourth-order valence-electron chi connectivity index (χ4n) is 1.84. The number of rotatable bonds is 6. The summed E-state index contributed by atoms with van der Waals surface area (Å²) in [6, 6.07) is 7.20.